The molecule has 2 aromatic heterocycles. The molecule has 0 aliphatic carbocycles. The van der Waals surface area contributed by atoms with Crippen molar-refractivity contribution in [3.63, 3.8) is 0 Å². The maximum Gasteiger partial charge on any atom is 0.249 e. The second-order valence-corrected chi connectivity index (χ2v) is 6.28. The molecule has 0 saturated heterocycles. The van der Waals surface area contributed by atoms with Gasteiger partial charge in [-0.05, 0) is 42.5 Å². The number of rotatable bonds is 4. The van der Waals surface area contributed by atoms with Crippen molar-refractivity contribution in [1.82, 2.24) is 25.1 Å². The van der Waals surface area contributed by atoms with Crippen molar-refractivity contribution in [2.75, 3.05) is 5.32 Å². The Kier molecular flexibility index (Phi) is 4.51. The van der Waals surface area contributed by atoms with Crippen molar-refractivity contribution in [3.8, 4) is 22.6 Å². The highest BCUT2D eigenvalue weighted by molar-refractivity contribution is 6.30. The lowest BCUT2D eigenvalue weighted by Gasteiger charge is -2.04. The lowest BCUT2D eigenvalue weighted by atomic mass is 10.1. The van der Waals surface area contributed by atoms with Crippen LogP contribution < -0.4 is 5.32 Å². The highest BCUT2D eigenvalue weighted by Crippen LogP contribution is 2.22. The molecule has 0 saturated carbocycles. The van der Waals surface area contributed by atoms with E-state index in [4.69, 9.17) is 23.2 Å². The fraction of sp³-hybridized carbons (Fsp3) is 0. The smallest absolute Gasteiger partial charge is 0.249 e. The SMILES string of the molecule is Clc1ccc(-c2ccnc(Nc3n[nH]c(-c4ccc(Cl)cc4)n3)n2)cc1. The molecule has 0 amide bonds. The van der Waals surface area contributed by atoms with Crippen molar-refractivity contribution >= 4 is 35.1 Å². The minimum Gasteiger partial charge on any atom is -0.291 e. The fourth-order valence-electron chi connectivity index (χ4n) is 2.35. The lowest BCUT2D eigenvalue weighted by Crippen LogP contribution is -1.99. The van der Waals surface area contributed by atoms with Gasteiger partial charge in [0.25, 0.3) is 0 Å². The second kappa shape index (κ2) is 7.11. The minimum atomic E-state index is 0.378. The average Bonchev–Trinajstić information content (AvgIpc) is 3.11. The van der Waals surface area contributed by atoms with Gasteiger partial charge in [0.05, 0.1) is 5.69 Å². The molecule has 4 aromatic rings. The number of nitrogens with zero attached hydrogens (tertiary/aromatic N) is 4. The molecule has 0 spiro atoms. The number of halogens is 2. The molecule has 2 aromatic carbocycles. The number of hydrogen-bond donors (Lipinski definition) is 2. The summed E-state index contributed by atoms with van der Waals surface area (Å²) < 4.78 is 0. The predicted octanol–water partition coefficient (Wildman–Crippen LogP) is 4.98. The Labute approximate surface area is 159 Å². The summed E-state index contributed by atoms with van der Waals surface area (Å²) in [5.41, 5.74) is 2.59. The van der Waals surface area contributed by atoms with Gasteiger partial charge < -0.3 is 0 Å². The zero-order valence-corrected chi connectivity index (χ0v) is 14.8. The molecule has 6 nitrogen and oxygen atoms in total. The van der Waals surface area contributed by atoms with Gasteiger partial charge in [0.1, 0.15) is 0 Å². The van der Waals surface area contributed by atoms with Crippen molar-refractivity contribution in [2.45, 2.75) is 0 Å². The molecule has 26 heavy (non-hydrogen) atoms. The first-order valence-electron chi connectivity index (χ1n) is 7.72. The van der Waals surface area contributed by atoms with Gasteiger partial charge in [-0.1, -0.05) is 35.3 Å². The first-order chi connectivity index (χ1) is 12.7. The maximum absolute atomic E-state index is 5.93. The first kappa shape index (κ1) is 16.5. The molecule has 0 atom stereocenters. The van der Waals surface area contributed by atoms with E-state index in [2.05, 4.69) is 30.5 Å². The molecule has 2 heterocycles. The third-order valence-corrected chi connectivity index (χ3v) is 4.13. The third kappa shape index (κ3) is 3.66. The van der Waals surface area contributed by atoms with Crippen molar-refractivity contribution in [2.24, 2.45) is 0 Å². The number of aromatic amines is 1. The van der Waals surface area contributed by atoms with Crippen LogP contribution >= 0.6 is 23.2 Å². The zero-order valence-electron chi connectivity index (χ0n) is 13.3. The van der Waals surface area contributed by atoms with E-state index >= 15 is 0 Å². The van der Waals surface area contributed by atoms with Gasteiger partial charge in [0, 0.05) is 27.4 Å². The monoisotopic (exact) mass is 382 g/mol. The highest BCUT2D eigenvalue weighted by Gasteiger charge is 2.08. The summed E-state index contributed by atoms with van der Waals surface area (Å²) in [4.78, 5) is 13.1. The van der Waals surface area contributed by atoms with E-state index in [9.17, 15) is 0 Å². The number of benzene rings is 2. The topological polar surface area (TPSA) is 79.4 Å². The normalized spacial score (nSPS) is 10.7. The van der Waals surface area contributed by atoms with E-state index in [-0.39, 0.29) is 0 Å². The number of aromatic nitrogens is 5. The summed E-state index contributed by atoms with van der Waals surface area (Å²) in [5.74, 6) is 1.40. The number of hydrogen-bond acceptors (Lipinski definition) is 5. The molecule has 0 unspecified atom stereocenters. The van der Waals surface area contributed by atoms with Gasteiger partial charge in [-0.25, -0.2) is 9.97 Å². The minimum absolute atomic E-state index is 0.378. The molecule has 0 aliphatic heterocycles. The fourth-order valence-corrected chi connectivity index (χ4v) is 2.61. The Balaban J connectivity index is 1.55. The molecule has 8 heteroatoms. The van der Waals surface area contributed by atoms with Gasteiger partial charge >= 0.3 is 0 Å². The molecular weight excluding hydrogens is 371 g/mol. The highest BCUT2D eigenvalue weighted by atomic mass is 35.5. The Bertz CT molecular complexity index is 1030. The van der Waals surface area contributed by atoms with Crippen LogP contribution in [-0.2, 0) is 0 Å². The van der Waals surface area contributed by atoms with Gasteiger partial charge in [-0.3, -0.25) is 10.4 Å². The maximum atomic E-state index is 5.93. The Morgan fingerprint density at radius 1 is 0.731 bits per heavy atom. The molecule has 128 valence electrons. The van der Waals surface area contributed by atoms with Crippen LogP contribution in [0.5, 0.6) is 0 Å². The van der Waals surface area contributed by atoms with E-state index in [1.807, 2.05) is 42.5 Å². The Hall–Kier alpha value is -2.96. The number of H-pyrrole nitrogens is 1. The summed E-state index contributed by atoms with van der Waals surface area (Å²) in [5, 5.41) is 11.4. The van der Waals surface area contributed by atoms with Gasteiger partial charge in [0.15, 0.2) is 5.82 Å². The summed E-state index contributed by atoms with van der Waals surface area (Å²) in [6.07, 6.45) is 1.67. The van der Waals surface area contributed by atoms with Crippen LogP contribution in [0.1, 0.15) is 0 Å². The molecular formula is C18H12Cl2N6. The van der Waals surface area contributed by atoms with Crippen molar-refractivity contribution < 1.29 is 0 Å². The van der Waals surface area contributed by atoms with Crippen molar-refractivity contribution in [1.29, 1.82) is 0 Å². The molecule has 0 radical (unpaired) electrons. The average molecular weight is 383 g/mol. The quantitative estimate of drug-likeness (QED) is 0.520. The Morgan fingerprint density at radius 3 is 2.08 bits per heavy atom. The molecule has 0 aliphatic rings. The molecule has 0 bridgehead atoms. The van der Waals surface area contributed by atoms with E-state index in [0.717, 1.165) is 16.8 Å². The summed E-state index contributed by atoms with van der Waals surface area (Å²) >= 11 is 11.8. The lowest BCUT2D eigenvalue weighted by molar-refractivity contribution is 1.08. The van der Waals surface area contributed by atoms with Crippen LogP contribution in [0.2, 0.25) is 10.0 Å². The standard InChI is InChI=1S/C18H12Cl2N6/c19-13-5-1-11(2-6-13)15-9-10-21-17(22-15)24-18-23-16(25-26-18)12-3-7-14(20)8-4-12/h1-10H,(H2,21,22,23,24,25,26). The second-order valence-electron chi connectivity index (χ2n) is 5.41. The van der Waals surface area contributed by atoms with Crippen molar-refractivity contribution in [3.05, 3.63) is 70.8 Å². The van der Waals surface area contributed by atoms with Crippen LogP contribution in [0.15, 0.2) is 60.8 Å². The largest absolute Gasteiger partial charge is 0.291 e. The first-order valence-corrected chi connectivity index (χ1v) is 8.47. The third-order valence-electron chi connectivity index (χ3n) is 3.62. The molecule has 4 rings (SSSR count). The zero-order chi connectivity index (χ0) is 17.9. The van der Waals surface area contributed by atoms with E-state index in [1.54, 1.807) is 18.3 Å². The van der Waals surface area contributed by atoms with Crippen LogP contribution in [0.4, 0.5) is 11.9 Å². The van der Waals surface area contributed by atoms with E-state index < -0.39 is 0 Å². The van der Waals surface area contributed by atoms with Gasteiger partial charge in [0.2, 0.25) is 11.9 Å². The molecule has 0 fully saturated rings. The predicted molar refractivity (Wildman–Crippen MR) is 103 cm³/mol. The van der Waals surface area contributed by atoms with Crippen LogP contribution in [0.3, 0.4) is 0 Å². The molecule has 2 N–H and O–H groups in total. The van der Waals surface area contributed by atoms with Gasteiger partial charge in [-0.15, -0.1) is 5.10 Å². The number of anilines is 2. The van der Waals surface area contributed by atoms with Crippen LogP contribution in [-0.4, -0.2) is 25.1 Å². The Morgan fingerprint density at radius 2 is 1.38 bits per heavy atom. The summed E-state index contributed by atoms with van der Waals surface area (Å²) in [7, 11) is 0. The van der Waals surface area contributed by atoms with E-state index in [0.29, 0.717) is 27.8 Å². The summed E-state index contributed by atoms with van der Waals surface area (Å²) in [6.45, 7) is 0. The van der Waals surface area contributed by atoms with Crippen LogP contribution in [0, 0.1) is 0 Å². The summed E-state index contributed by atoms with van der Waals surface area (Å²) in [6, 6.07) is 16.6. The van der Waals surface area contributed by atoms with Gasteiger partial charge in [-0.2, -0.15) is 4.98 Å². The van der Waals surface area contributed by atoms with Crippen LogP contribution in [0.25, 0.3) is 22.6 Å². The number of nitrogens with one attached hydrogen (secondary N) is 2. The van der Waals surface area contributed by atoms with E-state index in [1.165, 1.54) is 0 Å².